The van der Waals surface area contributed by atoms with Gasteiger partial charge >= 0.3 is 12.0 Å². The summed E-state index contributed by atoms with van der Waals surface area (Å²) >= 11 is 0. The molecule has 2 amide bonds. The molecule has 41 heavy (non-hydrogen) atoms. The number of carbonyl (C=O) groups excluding carboxylic acids is 2. The standard InChI is InChI=1S/C32H36N4O5/c1-5-7-12-21-35(32(39)33-24-19-17-23(18-20-24)31(38)41-6-2)22(3)29-34-26-14-9-8-13-25(26)30(37)36(29)27-15-10-11-16-28(27)40-4/h8-11,13-20,22H,5-7,12,21H2,1-4H3,(H,33,39). The molecule has 0 radical (unpaired) electrons. The fourth-order valence-electron chi connectivity index (χ4n) is 4.72. The van der Waals surface area contributed by atoms with Gasteiger partial charge in [0.2, 0.25) is 0 Å². The first-order chi connectivity index (χ1) is 19.9. The molecule has 0 bridgehead atoms. The Morgan fingerprint density at radius 1 is 0.976 bits per heavy atom. The number of urea groups is 1. The van der Waals surface area contributed by atoms with Crippen molar-refractivity contribution >= 4 is 28.6 Å². The number of nitrogens with one attached hydrogen (secondary N) is 1. The van der Waals surface area contributed by atoms with Crippen molar-refractivity contribution in [2.75, 3.05) is 25.6 Å². The van der Waals surface area contributed by atoms with E-state index >= 15 is 0 Å². The molecular weight excluding hydrogens is 520 g/mol. The summed E-state index contributed by atoms with van der Waals surface area (Å²) in [7, 11) is 1.55. The number of amides is 2. The number of esters is 1. The lowest BCUT2D eigenvalue weighted by molar-refractivity contribution is 0.0526. The number of aromatic nitrogens is 2. The molecule has 1 heterocycles. The number of anilines is 1. The third-order valence-corrected chi connectivity index (χ3v) is 6.88. The van der Waals surface area contributed by atoms with Crippen LogP contribution in [0.4, 0.5) is 10.5 Å². The van der Waals surface area contributed by atoms with E-state index in [4.69, 9.17) is 14.5 Å². The molecule has 214 valence electrons. The molecule has 9 heteroatoms. The van der Waals surface area contributed by atoms with Crippen molar-refractivity contribution < 1.29 is 19.1 Å². The van der Waals surface area contributed by atoms with E-state index in [9.17, 15) is 14.4 Å². The maximum Gasteiger partial charge on any atom is 0.338 e. The Kier molecular flexibility index (Phi) is 9.73. The number of hydrogen-bond acceptors (Lipinski definition) is 6. The van der Waals surface area contributed by atoms with E-state index in [1.165, 1.54) is 0 Å². The zero-order chi connectivity index (χ0) is 29.4. The molecule has 1 N–H and O–H groups in total. The summed E-state index contributed by atoms with van der Waals surface area (Å²) in [5.41, 5.74) is 1.78. The highest BCUT2D eigenvalue weighted by Gasteiger charge is 2.27. The van der Waals surface area contributed by atoms with Crippen molar-refractivity contribution in [2.24, 2.45) is 0 Å². The number of unbranched alkanes of at least 4 members (excludes halogenated alkanes) is 2. The Balaban J connectivity index is 1.76. The molecule has 4 aromatic rings. The van der Waals surface area contributed by atoms with Gasteiger partial charge in [-0.3, -0.25) is 9.36 Å². The van der Waals surface area contributed by atoms with Crippen LogP contribution < -0.4 is 15.6 Å². The number of ether oxygens (including phenoxy) is 2. The second-order valence-electron chi connectivity index (χ2n) is 9.60. The maximum atomic E-state index is 13.9. The molecule has 0 saturated heterocycles. The Morgan fingerprint density at radius 2 is 1.68 bits per heavy atom. The number of methoxy groups -OCH3 is 1. The molecule has 0 aliphatic heterocycles. The number of nitrogens with zero attached hydrogens (tertiary/aromatic N) is 3. The number of rotatable bonds is 11. The second kappa shape index (κ2) is 13.6. The highest BCUT2D eigenvalue weighted by Crippen LogP contribution is 2.28. The lowest BCUT2D eigenvalue weighted by atomic mass is 10.1. The summed E-state index contributed by atoms with van der Waals surface area (Å²) in [5, 5.41) is 3.42. The van der Waals surface area contributed by atoms with E-state index in [1.807, 2.05) is 25.1 Å². The summed E-state index contributed by atoms with van der Waals surface area (Å²) in [6, 6.07) is 20.1. The van der Waals surface area contributed by atoms with Crippen LogP contribution >= 0.6 is 0 Å². The molecule has 0 spiro atoms. The van der Waals surface area contributed by atoms with Gasteiger partial charge < -0.3 is 19.7 Å². The first-order valence-corrected chi connectivity index (χ1v) is 13.9. The molecular formula is C32H36N4O5. The molecule has 1 atom stereocenters. The summed E-state index contributed by atoms with van der Waals surface area (Å²) in [6.07, 6.45) is 2.71. The Hall–Kier alpha value is -4.66. The van der Waals surface area contributed by atoms with Gasteiger partial charge in [-0.25, -0.2) is 14.6 Å². The molecule has 0 aliphatic rings. The van der Waals surface area contributed by atoms with Crippen LogP contribution in [-0.2, 0) is 4.74 Å². The largest absolute Gasteiger partial charge is 0.495 e. The van der Waals surface area contributed by atoms with Crippen molar-refractivity contribution in [1.29, 1.82) is 0 Å². The van der Waals surface area contributed by atoms with Gasteiger partial charge in [0.15, 0.2) is 0 Å². The van der Waals surface area contributed by atoms with Crippen LogP contribution in [0, 0.1) is 0 Å². The van der Waals surface area contributed by atoms with E-state index in [0.717, 1.165) is 19.3 Å². The van der Waals surface area contributed by atoms with Gasteiger partial charge in [0.25, 0.3) is 5.56 Å². The van der Waals surface area contributed by atoms with Crippen molar-refractivity contribution in [2.45, 2.75) is 46.1 Å². The molecule has 1 aromatic heterocycles. The molecule has 4 rings (SSSR count). The number of fused-ring (bicyclic) bond motifs is 1. The van der Waals surface area contributed by atoms with Gasteiger partial charge in [0, 0.05) is 12.2 Å². The third kappa shape index (κ3) is 6.57. The van der Waals surface area contributed by atoms with E-state index in [0.29, 0.717) is 46.0 Å². The first kappa shape index (κ1) is 29.3. The third-order valence-electron chi connectivity index (χ3n) is 6.88. The molecule has 9 nitrogen and oxygen atoms in total. The van der Waals surface area contributed by atoms with Gasteiger partial charge in [0.05, 0.1) is 41.9 Å². The second-order valence-corrected chi connectivity index (χ2v) is 9.60. The minimum atomic E-state index is -0.576. The zero-order valence-corrected chi connectivity index (χ0v) is 23.9. The minimum absolute atomic E-state index is 0.245. The normalized spacial score (nSPS) is 11.6. The van der Waals surface area contributed by atoms with Crippen molar-refractivity contribution in [3.05, 3.63) is 94.5 Å². The Bertz CT molecular complexity index is 1560. The minimum Gasteiger partial charge on any atom is -0.495 e. The molecule has 0 fully saturated rings. The van der Waals surface area contributed by atoms with Gasteiger partial charge in [0.1, 0.15) is 11.6 Å². The average molecular weight is 557 g/mol. The van der Waals surface area contributed by atoms with Gasteiger partial charge in [-0.05, 0) is 68.8 Å². The van der Waals surface area contributed by atoms with Crippen LogP contribution in [0.3, 0.4) is 0 Å². The Labute approximate surface area is 239 Å². The summed E-state index contributed by atoms with van der Waals surface area (Å²) in [5.74, 6) is 0.517. The smallest absolute Gasteiger partial charge is 0.338 e. The van der Waals surface area contributed by atoms with E-state index in [1.54, 1.807) is 78.1 Å². The fraction of sp³-hybridized carbons (Fsp3) is 0.312. The number of benzene rings is 3. The summed E-state index contributed by atoms with van der Waals surface area (Å²) in [6.45, 7) is 6.46. The number of hydrogen-bond donors (Lipinski definition) is 1. The fourth-order valence-corrected chi connectivity index (χ4v) is 4.72. The van der Waals surface area contributed by atoms with Crippen LogP contribution in [0.5, 0.6) is 5.75 Å². The molecule has 1 unspecified atom stereocenters. The van der Waals surface area contributed by atoms with Crippen LogP contribution in [0.1, 0.15) is 62.3 Å². The predicted molar refractivity (Wildman–Crippen MR) is 160 cm³/mol. The SMILES string of the molecule is CCCCCN(C(=O)Nc1ccc(C(=O)OCC)cc1)C(C)c1nc2ccccc2c(=O)n1-c1ccccc1OC. The lowest BCUT2D eigenvalue weighted by Crippen LogP contribution is -2.40. The monoisotopic (exact) mass is 556 g/mol. The van der Waals surface area contributed by atoms with E-state index < -0.39 is 12.0 Å². The van der Waals surface area contributed by atoms with Crippen molar-refractivity contribution in [1.82, 2.24) is 14.5 Å². The summed E-state index contributed by atoms with van der Waals surface area (Å²) < 4.78 is 12.2. The summed E-state index contributed by atoms with van der Waals surface area (Å²) in [4.78, 5) is 46.3. The molecule has 0 aliphatic carbocycles. The lowest BCUT2D eigenvalue weighted by Gasteiger charge is -2.31. The van der Waals surface area contributed by atoms with Gasteiger partial charge in [-0.1, -0.05) is 44.0 Å². The predicted octanol–water partition coefficient (Wildman–Crippen LogP) is 6.36. The van der Waals surface area contributed by atoms with Gasteiger partial charge in [-0.15, -0.1) is 0 Å². The van der Waals surface area contributed by atoms with Crippen LogP contribution in [-0.4, -0.2) is 46.7 Å². The highest BCUT2D eigenvalue weighted by atomic mass is 16.5. The topological polar surface area (TPSA) is 103 Å². The first-order valence-electron chi connectivity index (χ1n) is 13.9. The molecule has 3 aromatic carbocycles. The number of carbonyl (C=O) groups is 2. The Morgan fingerprint density at radius 3 is 2.39 bits per heavy atom. The van der Waals surface area contributed by atoms with Gasteiger partial charge in [-0.2, -0.15) is 0 Å². The maximum absolute atomic E-state index is 13.9. The van der Waals surface area contributed by atoms with Crippen LogP contribution in [0.15, 0.2) is 77.6 Å². The van der Waals surface area contributed by atoms with E-state index in [2.05, 4.69) is 12.2 Å². The van der Waals surface area contributed by atoms with Crippen molar-refractivity contribution in [3.8, 4) is 11.4 Å². The number of para-hydroxylation sites is 3. The van der Waals surface area contributed by atoms with Crippen molar-refractivity contribution in [3.63, 3.8) is 0 Å². The van der Waals surface area contributed by atoms with Crippen LogP contribution in [0.25, 0.3) is 16.6 Å². The molecule has 0 saturated carbocycles. The van der Waals surface area contributed by atoms with Crippen LogP contribution in [0.2, 0.25) is 0 Å². The van der Waals surface area contributed by atoms with E-state index in [-0.39, 0.29) is 18.2 Å². The zero-order valence-electron chi connectivity index (χ0n) is 23.9. The average Bonchev–Trinajstić information content (AvgIpc) is 2.99. The quantitative estimate of drug-likeness (QED) is 0.170. The highest BCUT2D eigenvalue weighted by molar-refractivity contribution is 5.92.